The molecule has 1 unspecified atom stereocenters. The van der Waals surface area contributed by atoms with E-state index in [-0.39, 0.29) is 31.0 Å². The van der Waals surface area contributed by atoms with Crippen molar-refractivity contribution in [1.29, 1.82) is 0 Å². The molecule has 1 aliphatic carbocycles. The average molecular weight is 343 g/mol. The van der Waals surface area contributed by atoms with Gasteiger partial charge in [-0.05, 0) is 52.4 Å². The minimum absolute atomic E-state index is 0.0354. The number of carboxylic acid groups (broad SMARTS) is 1. The van der Waals surface area contributed by atoms with Crippen LogP contribution in [-0.4, -0.2) is 42.3 Å². The summed E-state index contributed by atoms with van der Waals surface area (Å²) >= 11 is 0. The van der Waals surface area contributed by atoms with Crippen LogP contribution in [0.5, 0.6) is 0 Å². The van der Waals surface area contributed by atoms with Crippen LogP contribution in [0.4, 0.5) is 0 Å². The van der Waals surface area contributed by atoms with Crippen LogP contribution in [0.25, 0.3) is 0 Å². The van der Waals surface area contributed by atoms with E-state index in [0.717, 1.165) is 0 Å². The fraction of sp³-hybridized carbons (Fsp3) is 0.824. The SMILES string of the molecule is CC(C)(C)C(=O)OCCCOC(=O)C(N)C1CCC(C(=O)O)CC1. The summed E-state index contributed by atoms with van der Waals surface area (Å²) in [7, 11) is 0. The van der Waals surface area contributed by atoms with Crippen LogP contribution in [0.15, 0.2) is 0 Å². The molecule has 0 radical (unpaired) electrons. The third kappa shape index (κ3) is 6.47. The third-order valence-corrected chi connectivity index (χ3v) is 4.28. The maximum absolute atomic E-state index is 11.9. The first kappa shape index (κ1) is 20.4. The highest BCUT2D eigenvalue weighted by atomic mass is 16.5. The fourth-order valence-corrected chi connectivity index (χ4v) is 2.63. The number of carboxylic acids is 1. The summed E-state index contributed by atoms with van der Waals surface area (Å²) < 4.78 is 10.2. The third-order valence-electron chi connectivity index (χ3n) is 4.28. The largest absolute Gasteiger partial charge is 0.481 e. The smallest absolute Gasteiger partial charge is 0.323 e. The van der Waals surface area contributed by atoms with Crippen LogP contribution < -0.4 is 5.73 Å². The Balaban J connectivity index is 2.21. The highest BCUT2D eigenvalue weighted by Gasteiger charge is 2.32. The minimum Gasteiger partial charge on any atom is -0.481 e. The van der Waals surface area contributed by atoms with E-state index in [1.807, 2.05) is 0 Å². The number of aliphatic carboxylic acids is 1. The van der Waals surface area contributed by atoms with Gasteiger partial charge in [-0.1, -0.05) is 0 Å². The molecule has 1 aliphatic rings. The maximum Gasteiger partial charge on any atom is 0.323 e. The Morgan fingerprint density at radius 1 is 1.08 bits per heavy atom. The molecular weight excluding hydrogens is 314 g/mol. The molecule has 0 heterocycles. The summed E-state index contributed by atoms with van der Waals surface area (Å²) in [5.74, 6) is -1.92. The van der Waals surface area contributed by atoms with Gasteiger partial charge in [0.25, 0.3) is 0 Å². The number of carbonyl (C=O) groups excluding carboxylic acids is 2. The van der Waals surface area contributed by atoms with Gasteiger partial charge in [0.1, 0.15) is 6.04 Å². The molecule has 24 heavy (non-hydrogen) atoms. The van der Waals surface area contributed by atoms with E-state index in [2.05, 4.69) is 0 Å². The van der Waals surface area contributed by atoms with Gasteiger partial charge in [-0.3, -0.25) is 14.4 Å². The number of hydrogen-bond acceptors (Lipinski definition) is 6. The molecule has 0 bridgehead atoms. The van der Waals surface area contributed by atoms with E-state index in [1.54, 1.807) is 20.8 Å². The Labute approximate surface area is 142 Å². The first-order valence-electron chi connectivity index (χ1n) is 8.45. The summed E-state index contributed by atoms with van der Waals surface area (Å²) in [6, 6.07) is -0.725. The number of esters is 2. The van der Waals surface area contributed by atoms with Crippen molar-refractivity contribution in [3.63, 3.8) is 0 Å². The number of rotatable bonds is 7. The molecule has 1 rings (SSSR count). The highest BCUT2D eigenvalue weighted by Crippen LogP contribution is 2.30. The number of carbonyl (C=O) groups is 3. The molecule has 0 aliphatic heterocycles. The van der Waals surface area contributed by atoms with Crippen molar-refractivity contribution in [3.8, 4) is 0 Å². The molecule has 0 aromatic heterocycles. The highest BCUT2D eigenvalue weighted by molar-refractivity contribution is 5.76. The first-order chi connectivity index (χ1) is 11.1. The predicted octanol–water partition coefficient (Wildman–Crippen LogP) is 1.73. The van der Waals surface area contributed by atoms with Gasteiger partial charge in [0.15, 0.2) is 0 Å². The van der Waals surface area contributed by atoms with Gasteiger partial charge in [-0.25, -0.2) is 0 Å². The van der Waals surface area contributed by atoms with Crippen molar-refractivity contribution in [3.05, 3.63) is 0 Å². The molecule has 0 aromatic rings. The zero-order valence-corrected chi connectivity index (χ0v) is 14.7. The Morgan fingerprint density at radius 3 is 2.12 bits per heavy atom. The summed E-state index contributed by atoms with van der Waals surface area (Å²) in [5, 5.41) is 8.97. The van der Waals surface area contributed by atoms with Crippen LogP contribution in [-0.2, 0) is 23.9 Å². The van der Waals surface area contributed by atoms with E-state index >= 15 is 0 Å². The van der Waals surface area contributed by atoms with Crippen LogP contribution in [0.2, 0.25) is 0 Å². The molecule has 1 fully saturated rings. The molecule has 0 aromatic carbocycles. The second kappa shape index (κ2) is 9.01. The van der Waals surface area contributed by atoms with Gasteiger partial charge in [0.2, 0.25) is 0 Å². The molecule has 0 saturated heterocycles. The zero-order valence-electron chi connectivity index (χ0n) is 14.7. The Kier molecular flexibility index (Phi) is 7.66. The lowest BCUT2D eigenvalue weighted by atomic mass is 9.79. The topological polar surface area (TPSA) is 116 Å². The van der Waals surface area contributed by atoms with Crippen LogP contribution in [0, 0.1) is 17.3 Å². The molecule has 7 nitrogen and oxygen atoms in total. The predicted molar refractivity (Wildman–Crippen MR) is 87.0 cm³/mol. The van der Waals surface area contributed by atoms with Crippen molar-refractivity contribution >= 4 is 17.9 Å². The minimum atomic E-state index is -0.783. The van der Waals surface area contributed by atoms with Gasteiger partial charge in [-0.2, -0.15) is 0 Å². The van der Waals surface area contributed by atoms with Gasteiger partial charge in [-0.15, -0.1) is 0 Å². The Hall–Kier alpha value is -1.63. The maximum atomic E-state index is 11.9. The summed E-state index contributed by atoms with van der Waals surface area (Å²) in [4.78, 5) is 34.4. The molecular formula is C17H29NO6. The van der Waals surface area contributed by atoms with Crippen LogP contribution in [0.3, 0.4) is 0 Å². The van der Waals surface area contributed by atoms with Crippen LogP contribution in [0.1, 0.15) is 52.9 Å². The number of nitrogens with two attached hydrogens (primary N) is 1. The fourth-order valence-electron chi connectivity index (χ4n) is 2.63. The molecule has 7 heteroatoms. The van der Waals surface area contributed by atoms with E-state index in [9.17, 15) is 14.4 Å². The Morgan fingerprint density at radius 2 is 1.62 bits per heavy atom. The van der Waals surface area contributed by atoms with Crippen molar-refractivity contribution in [2.45, 2.75) is 58.9 Å². The monoisotopic (exact) mass is 343 g/mol. The molecule has 0 amide bonds. The van der Waals surface area contributed by atoms with Gasteiger partial charge < -0.3 is 20.3 Å². The number of hydrogen-bond donors (Lipinski definition) is 2. The van der Waals surface area contributed by atoms with Crippen molar-refractivity contribution in [2.24, 2.45) is 23.0 Å². The summed E-state index contributed by atoms with van der Waals surface area (Å²) in [6.45, 7) is 5.66. The zero-order chi connectivity index (χ0) is 18.3. The van der Waals surface area contributed by atoms with Crippen molar-refractivity contribution < 1.29 is 29.0 Å². The lowest BCUT2D eigenvalue weighted by Crippen LogP contribution is -2.41. The normalized spacial score (nSPS) is 22.5. The lowest BCUT2D eigenvalue weighted by molar-refractivity contribution is -0.154. The molecule has 0 spiro atoms. The van der Waals surface area contributed by atoms with E-state index in [1.165, 1.54) is 0 Å². The average Bonchev–Trinajstić information content (AvgIpc) is 2.52. The van der Waals surface area contributed by atoms with Crippen molar-refractivity contribution in [2.75, 3.05) is 13.2 Å². The van der Waals surface area contributed by atoms with E-state index in [0.29, 0.717) is 32.1 Å². The van der Waals surface area contributed by atoms with Crippen molar-refractivity contribution in [1.82, 2.24) is 0 Å². The number of ether oxygens (including phenoxy) is 2. The van der Waals surface area contributed by atoms with Gasteiger partial charge in [0, 0.05) is 6.42 Å². The quantitative estimate of drug-likeness (QED) is 0.534. The molecule has 138 valence electrons. The molecule has 3 N–H and O–H groups in total. The van der Waals surface area contributed by atoms with Gasteiger partial charge in [0.05, 0.1) is 24.5 Å². The second-order valence-electron chi connectivity index (χ2n) is 7.38. The molecule has 1 saturated carbocycles. The standard InChI is InChI=1S/C17H29NO6/c1-17(2,3)16(22)24-10-4-9-23-15(21)13(18)11-5-7-12(8-6-11)14(19)20/h11-13H,4-10,18H2,1-3H3,(H,19,20). The van der Waals surface area contributed by atoms with Crippen LogP contribution >= 0.6 is 0 Å². The van der Waals surface area contributed by atoms with Gasteiger partial charge >= 0.3 is 17.9 Å². The Bertz CT molecular complexity index is 448. The first-order valence-corrected chi connectivity index (χ1v) is 8.45. The lowest BCUT2D eigenvalue weighted by Gasteiger charge is -2.29. The van der Waals surface area contributed by atoms with E-state index in [4.69, 9.17) is 20.3 Å². The second-order valence-corrected chi connectivity index (χ2v) is 7.38. The summed E-state index contributed by atoms with van der Waals surface area (Å²) in [6.07, 6.45) is 2.76. The molecule has 1 atom stereocenters. The summed E-state index contributed by atoms with van der Waals surface area (Å²) in [5.41, 5.74) is 5.38. The van der Waals surface area contributed by atoms with E-state index < -0.39 is 23.4 Å².